The van der Waals surface area contributed by atoms with Crippen LogP contribution in [0.3, 0.4) is 0 Å². The predicted molar refractivity (Wildman–Crippen MR) is 52.8 cm³/mol. The van der Waals surface area contributed by atoms with Gasteiger partial charge >= 0.3 is 0 Å². The Kier molecular flexibility index (Phi) is 7.15. The van der Waals surface area contributed by atoms with E-state index in [-0.39, 0.29) is 12.5 Å². The van der Waals surface area contributed by atoms with Crippen molar-refractivity contribution in [1.29, 1.82) is 0 Å². The molecule has 0 rings (SSSR count). The molecule has 1 amide bonds. The Morgan fingerprint density at radius 2 is 2.07 bits per heavy atom. The van der Waals surface area contributed by atoms with E-state index in [1.54, 1.807) is 14.1 Å². The lowest BCUT2D eigenvalue weighted by Crippen LogP contribution is -2.33. The summed E-state index contributed by atoms with van der Waals surface area (Å²) in [5.74, 6) is 0.00575. The fourth-order valence-electron chi connectivity index (χ4n) is 0.927. The molecule has 0 bridgehead atoms. The van der Waals surface area contributed by atoms with Crippen LogP contribution in [0.15, 0.2) is 0 Å². The second-order valence-corrected chi connectivity index (χ2v) is 3.50. The van der Waals surface area contributed by atoms with Gasteiger partial charge in [-0.25, -0.2) is 8.78 Å². The second kappa shape index (κ2) is 7.53. The number of nitrogens with one attached hydrogen (secondary N) is 1. The molecule has 6 heteroatoms. The second-order valence-electron chi connectivity index (χ2n) is 3.50. The standard InChI is InChI=1S/C9H18F2N2O2/c1-13(2)8(15)4-3-5-12-6-7(14)9(10)11/h7,9,12,14H,3-6H2,1-2H3. The van der Waals surface area contributed by atoms with E-state index >= 15 is 0 Å². The lowest BCUT2D eigenvalue weighted by molar-refractivity contribution is -0.128. The van der Waals surface area contributed by atoms with Crippen molar-refractivity contribution in [2.75, 3.05) is 27.2 Å². The first-order valence-electron chi connectivity index (χ1n) is 4.82. The van der Waals surface area contributed by atoms with Crippen molar-refractivity contribution < 1.29 is 18.7 Å². The van der Waals surface area contributed by atoms with Crippen LogP contribution in [0.1, 0.15) is 12.8 Å². The number of rotatable bonds is 7. The monoisotopic (exact) mass is 224 g/mol. The molecule has 4 nitrogen and oxygen atoms in total. The normalized spacial score (nSPS) is 12.9. The number of amides is 1. The Morgan fingerprint density at radius 1 is 1.47 bits per heavy atom. The van der Waals surface area contributed by atoms with Gasteiger partial charge in [-0.05, 0) is 13.0 Å². The van der Waals surface area contributed by atoms with E-state index in [0.29, 0.717) is 19.4 Å². The molecule has 0 aliphatic rings. The molecular formula is C9H18F2N2O2. The third-order valence-electron chi connectivity index (χ3n) is 1.89. The number of carbonyl (C=O) groups is 1. The van der Waals surface area contributed by atoms with Crippen LogP contribution in [0.25, 0.3) is 0 Å². The zero-order chi connectivity index (χ0) is 11.8. The zero-order valence-electron chi connectivity index (χ0n) is 9.04. The molecule has 0 heterocycles. The van der Waals surface area contributed by atoms with Crippen molar-refractivity contribution in [3.05, 3.63) is 0 Å². The van der Waals surface area contributed by atoms with Gasteiger partial charge in [0.1, 0.15) is 6.10 Å². The van der Waals surface area contributed by atoms with E-state index in [1.807, 2.05) is 0 Å². The van der Waals surface area contributed by atoms with Crippen LogP contribution in [0.5, 0.6) is 0 Å². The first kappa shape index (κ1) is 14.2. The summed E-state index contributed by atoms with van der Waals surface area (Å²) in [4.78, 5) is 12.6. The molecule has 0 aromatic heterocycles. The van der Waals surface area contributed by atoms with Crippen LogP contribution in [0.4, 0.5) is 8.78 Å². The van der Waals surface area contributed by atoms with Crippen LogP contribution in [-0.4, -0.2) is 55.6 Å². The summed E-state index contributed by atoms with van der Waals surface area (Å²) in [7, 11) is 3.33. The van der Waals surface area contributed by atoms with Gasteiger partial charge in [0.05, 0.1) is 0 Å². The van der Waals surface area contributed by atoms with Crippen LogP contribution >= 0.6 is 0 Å². The average Bonchev–Trinajstić information content (AvgIpc) is 2.16. The number of halogens is 2. The van der Waals surface area contributed by atoms with Crippen LogP contribution in [0.2, 0.25) is 0 Å². The van der Waals surface area contributed by atoms with Crippen molar-refractivity contribution in [2.45, 2.75) is 25.4 Å². The van der Waals surface area contributed by atoms with Gasteiger partial charge < -0.3 is 15.3 Å². The lowest BCUT2D eigenvalue weighted by atomic mass is 10.2. The minimum atomic E-state index is -2.72. The molecule has 0 aromatic rings. The fraction of sp³-hybridized carbons (Fsp3) is 0.889. The van der Waals surface area contributed by atoms with Crippen LogP contribution < -0.4 is 5.32 Å². The van der Waals surface area contributed by atoms with Crippen molar-refractivity contribution in [1.82, 2.24) is 10.2 Å². The molecule has 0 spiro atoms. The Morgan fingerprint density at radius 3 is 2.53 bits per heavy atom. The number of carbonyl (C=O) groups excluding carboxylic acids is 1. The maximum Gasteiger partial charge on any atom is 0.265 e. The minimum absolute atomic E-state index is 0.00575. The minimum Gasteiger partial charge on any atom is -0.386 e. The Labute approximate surface area is 88.3 Å². The van der Waals surface area contributed by atoms with Crippen molar-refractivity contribution >= 4 is 5.91 Å². The number of nitrogens with zero attached hydrogens (tertiary/aromatic N) is 1. The SMILES string of the molecule is CN(C)C(=O)CCCNCC(O)C(F)F. The van der Waals surface area contributed by atoms with Gasteiger partial charge in [0.25, 0.3) is 6.43 Å². The van der Waals surface area contributed by atoms with Gasteiger partial charge in [-0.15, -0.1) is 0 Å². The van der Waals surface area contributed by atoms with Gasteiger partial charge in [0.2, 0.25) is 5.91 Å². The van der Waals surface area contributed by atoms with Crippen LogP contribution in [-0.2, 0) is 4.79 Å². The summed E-state index contributed by atoms with van der Waals surface area (Å²) in [6, 6.07) is 0. The first-order valence-corrected chi connectivity index (χ1v) is 4.82. The van der Waals surface area contributed by atoms with Gasteiger partial charge in [-0.3, -0.25) is 4.79 Å². The Bertz CT molecular complexity index is 189. The van der Waals surface area contributed by atoms with E-state index in [1.165, 1.54) is 4.90 Å². The number of aliphatic hydroxyl groups is 1. The van der Waals surface area contributed by atoms with Gasteiger partial charge in [0.15, 0.2) is 0 Å². The molecule has 0 aliphatic carbocycles. The molecule has 0 aliphatic heterocycles. The highest BCUT2D eigenvalue weighted by Crippen LogP contribution is 1.98. The van der Waals surface area contributed by atoms with Crippen molar-refractivity contribution in [3.63, 3.8) is 0 Å². The summed E-state index contributed by atoms with van der Waals surface area (Å²) < 4.78 is 23.6. The number of aliphatic hydroxyl groups excluding tert-OH is 1. The summed E-state index contributed by atoms with van der Waals surface area (Å²) >= 11 is 0. The highest BCUT2D eigenvalue weighted by Gasteiger charge is 2.15. The quantitative estimate of drug-likeness (QED) is 0.602. The molecule has 15 heavy (non-hydrogen) atoms. The molecule has 0 saturated carbocycles. The van der Waals surface area contributed by atoms with E-state index < -0.39 is 12.5 Å². The maximum atomic E-state index is 11.8. The highest BCUT2D eigenvalue weighted by molar-refractivity contribution is 5.75. The van der Waals surface area contributed by atoms with E-state index in [2.05, 4.69) is 5.32 Å². The van der Waals surface area contributed by atoms with Crippen molar-refractivity contribution in [3.8, 4) is 0 Å². The van der Waals surface area contributed by atoms with Gasteiger partial charge in [-0.1, -0.05) is 0 Å². The number of hydrogen-bond donors (Lipinski definition) is 2. The van der Waals surface area contributed by atoms with Crippen molar-refractivity contribution in [2.24, 2.45) is 0 Å². The number of alkyl halides is 2. The summed E-state index contributed by atoms with van der Waals surface area (Å²) in [6.45, 7) is 0.303. The molecule has 0 saturated heterocycles. The molecule has 1 unspecified atom stereocenters. The average molecular weight is 224 g/mol. The predicted octanol–water partition coefficient (Wildman–Crippen LogP) is 0.0704. The maximum absolute atomic E-state index is 11.8. The molecule has 0 aromatic carbocycles. The van der Waals surface area contributed by atoms with E-state index in [0.717, 1.165) is 0 Å². The lowest BCUT2D eigenvalue weighted by Gasteiger charge is -2.12. The van der Waals surface area contributed by atoms with E-state index in [9.17, 15) is 13.6 Å². The molecule has 2 N–H and O–H groups in total. The third kappa shape index (κ3) is 7.21. The molecular weight excluding hydrogens is 206 g/mol. The largest absolute Gasteiger partial charge is 0.386 e. The molecule has 90 valence electrons. The molecule has 1 atom stereocenters. The van der Waals surface area contributed by atoms with E-state index in [4.69, 9.17) is 5.11 Å². The Hall–Kier alpha value is -0.750. The summed E-state index contributed by atoms with van der Waals surface area (Å²) in [5.41, 5.74) is 0. The molecule has 0 radical (unpaired) electrons. The zero-order valence-corrected chi connectivity index (χ0v) is 9.04. The van der Waals surface area contributed by atoms with Gasteiger partial charge in [0, 0.05) is 27.1 Å². The first-order chi connectivity index (χ1) is 6.95. The third-order valence-corrected chi connectivity index (χ3v) is 1.89. The fourth-order valence-corrected chi connectivity index (χ4v) is 0.927. The Balaban J connectivity index is 3.36. The highest BCUT2D eigenvalue weighted by atomic mass is 19.3. The van der Waals surface area contributed by atoms with Gasteiger partial charge in [-0.2, -0.15) is 0 Å². The topological polar surface area (TPSA) is 52.6 Å². The molecule has 0 fully saturated rings. The smallest absolute Gasteiger partial charge is 0.265 e. The summed E-state index contributed by atoms with van der Waals surface area (Å²) in [5, 5.41) is 11.4. The number of hydrogen-bond acceptors (Lipinski definition) is 3. The summed E-state index contributed by atoms with van der Waals surface area (Å²) in [6.07, 6.45) is -3.40. The van der Waals surface area contributed by atoms with Crippen LogP contribution in [0, 0.1) is 0 Å².